The van der Waals surface area contributed by atoms with Crippen LogP contribution in [-0.2, 0) is 11.2 Å². The third-order valence-electron chi connectivity index (χ3n) is 4.84. The number of thiophene rings is 1. The average Bonchev–Trinajstić information content (AvgIpc) is 3.42. The zero-order valence-corrected chi connectivity index (χ0v) is 18.5. The molecule has 0 unspecified atom stereocenters. The fourth-order valence-corrected chi connectivity index (χ4v) is 4.88. The number of nitrogens with zero attached hydrogens (tertiary/aromatic N) is 3. The molecular weight excluding hydrogens is 435 g/mol. The predicted octanol–water partition coefficient (Wildman–Crippen LogP) is 4.39. The number of benzene rings is 1. The Bertz CT molecular complexity index is 1140. The highest BCUT2D eigenvalue weighted by molar-refractivity contribution is 7.99. The molecule has 0 fully saturated rings. The minimum atomic E-state index is -0.323. The highest BCUT2D eigenvalue weighted by Crippen LogP contribution is 2.34. The fourth-order valence-electron chi connectivity index (χ4n) is 3.41. The second kappa shape index (κ2) is 9.57. The number of nitrogens with one attached hydrogen (secondary N) is 1. The van der Waals surface area contributed by atoms with Gasteiger partial charge in [-0.15, -0.1) is 11.3 Å². The van der Waals surface area contributed by atoms with E-state index in [9.17, 15) is 14.0 Å². The van der Waals surface area contributed by atoms with Crippen LogP contribution in [0.1, 0.15) is 41.9 Å². The molecule has 9 heteroatoms. The number of H-pyrrole nitrogens is 1. The molecule has 6 nitrogen and oxygen atoms in total. The summed E-state index contributed by atoms with van der Waals surface area (Å²) >= 11 is 2.75. The average molecular weight is 457 g/mol. The molecule has 3 heterocycles. The summed E-state index contributed by atoms with van der Waals surface area (Å²) in [5, 5.41) is 8.46. The number of carbonyl (C=O) groups is 1. The molecule has 1 aliphatic heterocycles. The lowest BCUT2D eigenvalue weighted by Gasteiger charge is -2.22. The molecule has 1 amide bonds. The smallest absolute Gasteiger partial charge is 0.253 e. The number of rotatable bonds is 7. The van der Waals surface area contributed by atoms with Crippen LogP contribution in [0.15, 0.2) is 62.9 Å². The van der Waals surface area contributed by atoms with Crippen molar-refractivity contribution in [2.75, 3.05) is 5.75 Å². The molecule has 0 bridgehead atoms. The summed E-state index contributed by atoms with van der Waals surface area (Å²) in [5.41, 5.74) is 2.15. The second-order valence-corrected chi connectivity index (χ2v) is 9.03. The van der Waals surface area contributed by atoms with Gasteiger partial charge in [-0.05, 0) is 35.6 Å². The summed E-state index contributed by atoms with van der Waals surface area (Å²) in [6.45, 7) is 2.02. The monoisotopic (exact) mass is 456 g/mol. The van der Waals surface area contributed by atoms with Gasteiger partial charge < -0.3 is 4.98 Å². The minimum absolute atomic E-state index is 0.0808. The Morgan fingerprint density at radius 2 is 2.13 bits per heavy atom. The molecule has 0 radical (unpaired) electrons. The summed E-state index contributed by atoms with van der Waals surface area (Å²) in [4.78, 5) is 33.1. The first-order chi connectivity index (χ1) is 15.0. The number of halogens is 1. The summed E-state index contributed by atoms with van der Waals surface area (Å²) < 4.78 is 13.4. The number of hydrogen-bond acceptors (Lipinski definition) is 6. The van der Waals surface area contributed by atoms with Crippen molar-refractivity contribution in [3.8, 4) is 0 Å². The first-order valence-corrected chi connectivity index (χ1v) is 11.8. The van der Waals surface area contributed by atoms with Crippen LogP contribution >= 0.6 is 23.1 Å². The zero-order chi connectivity index (χ0) is 21.8. The fraction of sp³-hybridized carbons (Fsp3) is 0.273. The van der Waals surface area contributed by atoms with Gasteiger partial charge in [-0.3, -0.25) is 9.59 Å². The number of hydrazone groups is 1. The van der Waals surface area contributed by atoms with E-state index in [2.05, 4.69) is 15.1 Å². The van der Waals surface area contributed by atoms with E-state index < -0.39 is 0 Å². The van der Waals surface area contributed by atoms with Crippen LogP contribution in [0.5, 0.6) is 0 Å². The molecule has 0 saturated carbocycles. The summed E-state index contributed by atoms with van der Waals surface area (Å²) in [5.74, 6) is -0.441. The van der Waals surface area contributed by atoms with E-state index in [1.54, 1.807) is 23.5 Å². The van der Waals surface area contributed by atoms with Gasteiger partial charge in [0.2, 0.25) is 0 Å². The maximum absolute atomic E-state index is 13.4. The molecule has 1 aliphatic rings. The van der Waals surface area contributed by atoms with E-state index in [0.29, 0.717) is 23.7 Å². The first kappa shape index (κ1) is 21.5. The molecule has 4 rings (SSSR count). The van der Waals surface area contributed by atoms with Gasteiger partial charge in [-0.1, -0.05) is 43.3 Å². The Morgan fingerprint density at radius 1 is 1.32 bits per heavy atom. The predicted molar refractivity (Wildman–Crippen MR) is 121 cm³/mol. The lowest BCUT2D eigenvalue weighted by molar-refractivity contribution is -0.130. The number of thioether (sulfide) groups is 1. The number of hydrogen-bond donors (Lipinski definition) is 1. The van der Waals surface area contributed by atoms with Crippen molar-refractivity contribution in [1.82, 2.24) is 15.0 Å². The topological polar surface area (TPSA) is 78.4 Å². The van der Waals surface area contributed by atoms with Crippen LogP contribution in [0.2, 0.25) is 0 Å². The molecule has 0 saturated heterocycles. The quantitative estimate of drug-likeness (QED) is 0.422. The molecule has 1 N–H and O–H groups in total. The summed E-state index contributed by atoms with van der Waals surface area (Å²) in [7, 11) is 0. The van der Waals surface area contributed by atoms with E-state index in [-0.39, 0.29) is 29.1 Å². The van der Waals surface area contributed by atoms with Crippen molar-refractivity contribution in [2.24, 2.45) is 5.10 Å². The van der Waals surface area contributed by atoms with Crippen molar-refractivity contribution in [2.45, 2.75) is 37.4 Å². The van der Waals surface area contributed by atoms with E-state index in [0.717, 1.165) is 22.6 Å². The van der Waals surface area contributed by atoms with Crippen molar-refractivity contribution in [3.05, 3.63) is 80.2 Å². The molecule has 2 aromatic heterocycles. The number of aromatic nitrogens is 2. The summed E-state index contributed by atoms with van der Waals surface area (Å²) in [6, 6.07) is 11.3. The number of carbonyl (C=O) groups excluding carboxylic acids is 1. The standard InChI is InChI=1S/C22H21FN4O2S2/c1-2-4-16-11-20(28)25-22(24-16)31-13-21(29)27-18(14-6-8-15(23)9-7-14)12-17(26-27)19-5-3-10-30-19/h3,5-11,18H,2,4,12-13H2,1H3,(H,24,25,28)/t18-/m0/s1. The Balaban J connectivity index is 1.54. The van der Waals surface area contributed by atoms with Crippen LogP contribution in [0.3, 0.4) is 0 Å². The highest BCUT2D eigenvalue weighted by Gasteiger charge is 2.33. The van der Waals surface area contributed by atoms with Gasteiger partial charge in [-0.2, -0.15) is 5.10 Å². The van der Waals surface area contributed by atoms with E-state index in [4.69, 9.17) is 0 Å². The Kier molecular flexibility index (Phi) is 6.62. The van der Waals surface area contributed by atoms with Crippen LogP contribution in [-0.4, -0.2) is 32.3 Å². The van der Waals surface area contributed by atoms with E-state index in [1.165, 1.54) is 35.0 Å². The van der Waals surface area contributed by atoms with Crippen molar-refractivity contribution in [3.63, 3.8) is 0 Å². The lowest BCUT2D eigenvalue weighted by Crippen LogP contribution is -2.28. The van der Waals surface area contributed by atoms with Crippen molar-refractivity contribution in [1.29, 1.82) is 0 Å². The minimum Gasteiger partial charge on any atom is -0.301 e. The third-order valence-corrected chi connectivity index (χ3v) is 6.61. The molecule has 0 aliphatic carbocycles. The van der Waals surface area contributed by atoms with Gasteiger partial charge in [0.25, 0.3) is 11.5 Å². The Morgan fingerprint density at radius 3 is 2.84 bits per heavy atom. The van der Waals surface area contributed by atoms with Crippen LogP contribution in [0, 0.1) is 5.82 Å². The second-order valence-electron chi connectivity index (χ2n) is 7.11. The van der Waals surface area contributed by atoms with E-state index >= 15 is 0 Å². The SMILES string of the molecule is CCCc1cc(=O)[nH]c(SCC(=O)N2N=C(c3cccs3)C[C@H]2c2ccc(F)cc2)n1. The molecule has 1 aromatic carbocycles. The van der Waals surface area contributed by atoms with Gasteiger partial charge in [0, 0.05) is 18.2 Å². The van der Waals surface area contributed by atoms with Gasteiger partial charge in [0.1, 0.15) is 5.82 Å². The normalized spacial score (nSPS) is 15.9. The number of aryl methyl sites for hydroxylation is 1. The van der Waals surface area contributed by atoms with Gasteiger partial charge in [0.05, 0.1) is 22.4 Å². The molecule has 0 spiro atoms. The molecule has 3 aromatic rings. The van der Waals surface area contributed by atoms with Gasteiger partial charge >= 0.3 is 0 Å². The third kappa shape index (κ3) is 5.11. The Labute approximate surface area is 187 Å². The van der Waals surface area contributed by atoms with Gasteiger partial charge in [0.15, 0.2) is 5.16 Å². The van der Waals surface area contributed by atoms with E-state index in [1.807, 2.05) is 24.4 Å². The largest absolute Gasteiger partial charge is 0.301 e. The Hall–Kier alpha value is -2.78. The van der Waals surface area contributed by atoms with Crippen LogP contribution in [0.25, 0.3) is 0 Å². The lowest BCUT2D eigenvalue weighted by atomic mass is 10.0. The molecule has 1 atom stereocenters. The van der Waals surface area contributed by atoms with Crippen LogP contribution < -0.4 is 5.56 Å². The molecule has 31 heavy (non-hydrogen) atoms. The molecule has 160 valence electrons. The van der Waals surface area contributed by atoms with Gasteiger partial charge in [-0.25, -0.2) is 14.4 Å². The maximum atomic E-state index is 13.4. The van der Waals surface area contributed by atoms with Crippen molar-refractivity contribution >= 4 is 34.7 Å². The zero-order valence-electron chi connectivity index (χ0n) is 16.9. The first-order valence-electron chi connectivity index (χ1n) is 9.95. The maximum Gasteiger partial charge on any atom is 0.253 e. The number of amides is 1. The molecular formula is C22H21FN4O2S2. The highest BCUT2D eigenvalue weighted by atomic mass is 32.2. The summed E-state index contributed by atoms with van der Waals surface area (Å²) in [6.07, 6.45) is 2.15. The van der Waals surface area contributed by atoms with Crippen LogP contribution in [0.4, 0.5) is 4.39 Å². The van der Waals surface area contributed by atoms with Crippen molar-refractivity contribution < 1.29 is 9.18 Å². The number of aromatic amines is 1.